The van der Waals surface area contributed by atoms with E-state index in [-0.39, 0.29) is 17.5 Å². The topological polar surface area (TPSA) is 83.5 Å². The van der Waals surface area contributed by atoms with Crippen molar-refractivity contribution in [3.8, 4) is 0 Å². The first kappa shape index (κ1) is 18.9. The molecule has 1 amide bonds. The number of nitrogens with zero attached hydrogens (tertiary/aromatic N) is 4. The summed E-state index contributed by atoms with van der Waals surface area (Å²) in [6, 6.07) is 9.19. The summed E-state index contributed by atoms with van der Waals surface area (Å²) in [5.41, 5.74) is 2.36. The fourth-order valence-corrected chi connectivity index (χ4v) is 4.46. The second kappa shape index (κ2) is 7.95. The molecule has 1 aromatic carbocycles. The molecule has 2 aromatic heterocycles. The molecule has 30 heavy (non-hydrogen) atoms. The molecule has 2 saturated heterocycles. The lowest BCUT2D eigenvalue weighted by Crippen LogP contribution is -2.44. The summed E-state index contributed by atoms with van der Waals surface area (Å²) in [4.78, 5) is 33.1. The molecule has 2 aliphatic rings. The van der Waals surface area contributed by atoms with E-state index in [4.69, 9.17) is 4.74 Å². The third-order valence-corrected chi connectivity index (χ3v) is 6.04. The molecule has 5 rings (SSSR count). The first-order valence-corrected chi connectivity index (χ1v) is 10.5. The minimum absolute atomic E-state index is 0.00267. The van der Waals surface area contributed by atoms with Crippen LogP contribution in [0.4, 0.5) is 5.69 Å². The summed E-state index contributed by atoms with van der Waals surface area (Å²) in [7, 11) is 0. The number of morpholine rings is 1. The van der Waals surface area contributed by atoms with Crippen LogP contribution in [0.15, 0.2) is 47.5 Å². The zero-order chi connectivity index (χ0) is 20.5. The number of carbonyl (C=O) groups excluding carboxylic acids is 1. The number of aromatic amines is 1. The third kappa shape index (κ3) is 3.47. The van der Waals surface area contributed by atoms with Gasteiger partial charge in [-0.2, -0.15) is 5.10 Å². The van der Waals surface area contributed by atoms with E-state index in [0.717, 1.165) is 42.5 Å². The average Bonchev–Trinajstić information content (AvgIpc) is 3.28. The van der Waals surface area contributed by atoms with E-state index in [2.05, 4.69) is 15.0 Å². The number of likely N-dealkylation sites (tertiary alicyclic amines) is 1. The zero-order valence-corrected chi connectivity index (χ0v) is 16.8. The molecule has 0 radical (unpaired) electrons. The highest BCUT2D eigenvalue weighted by Crippen LogP contribution is 2.25. The van der Waals surface area contributed by atoms with Crippen LogP contribution in [0, 0.1) is 0 Å². The molecule has 2 aliphatic heterocycles. The fraction of sp³-hybridized carbons (Fsp3) is 0.409. The number of amides is 1. The van der Waals surface area contributed by atoms with Gasteiger partial charge in [-0.1, -0.05) is 6.07 Å². The third-order valence-electron chi connectivity index (χ3n) is 6.04. The Morgan fingerprint density at radius 1 is 1.17 bits per heavy atom. The molecule has 0 bridgehead atoms. The second-order valence-electron chi connectivity index (χ2n) is 7.89. The van der Waals surface area contributed by atoms with Gasteiger partial charge in [-0.15, -0.1) is 0 Å². The minimum Gasteiger partial charge on any atom is -0.378 e. The van der Waals surface area contributed by atoms with E-state index in [1.807, 2.05) is 35.4 Å². The largest absolute Gasteiger partial charge is 0.378 e. The number of H-pyrrole nitrogens is 1. The van der Waals surface area contributed by atoms with Crippen LogP contribution in [-0.4, -0.2) is 65.0 Å². The Morgan fingerprint density at radius 3 is 2.87 bits per heavy atom. The standard InChI is InChI=1S/C22H25N5O3/c28-21-13-17(25-9-11-30-12-10-25)14-24-27(21)16-3-2-8-26(15-16)22(29)19-4-1-5-20-18(19)6-7-23-20/h1,4-7,13-14,16,23H,2-3,8-12,15H2/t16-/m0/s1. The van der Waals surface area contributed by atoms with Gasteiger partial charge in [0.25, 0.3) is 11.5 Å². The lowest BCUT2D eigenvalue weighted by molar-refractivity contribution is 0.0672. The number of fused-ring (bicyclic) bond motifs is 1. The summed E-state index contributed by atoms with van der Waals surface area (Å²) in [5.74, 6) is 0.00267. The van der Waals surface area contributed by atoms with Gasteiger partial charge in [0.1, 0.15) is 0 Å². The van der Waals surface area contributed by atoms with Crippen molar-refractivity contribution < 1.29 is 9.53 Å². The van der Waals surface area contributed by atoms with Crippen molar-refractivity contribution in [2.75, 3.05) is 44.3 Å². The lowest BCUT2D eigenvalue weighted by Gasteiger charge is -2.33. The van der Waals surface area contributed by atoms with Crippen LogP contribution in [0.2, 0.25) is 0 Å². The molecule has 8 heteroatoms. The Kier molecular flexibility index (Phi) is 5.00. The van der Waals surface area contributed by atoms with E-state index in [1.54, 1.807) is 16.9 Å². The van der Waals surface area contributed by atoms with Crippen LogP contribution in [-0.2, 0) is 4.74 Å². The minimum atomic E-state index is -0.119. The van der Waals surface area contributed by atoms with Crippen molar-refractivity contribution in [1.82, 2.24) is 19.7 Å². The Bertz CT molecular complexity index is 1120. The van der Waals surface area contributed by atoms with Crippen molar-refractivity contribution in [1.29, 1.82) is 0 Å². The van der Waals surface area contributed by atoms with Crippen LogP contribution < -0.4 is 10.5 Å². The predicted molar refractivity (Wildman–Crippen MR) is 114 cm³/mol. The Balaban J connectivity index is 1.36. The van der Waals surface area contributed by atoms with Gasteiger partial charge in [-0.3, -0.25) is 9.59 Å². The smallest absolute Gasteiger partial charge is 0.269 e. The maximum Gasteiger partial charge on any atom is 0.269 e. The monoisotopic (exact) mass is 407 g/mol. The number of carbonyl (C=O) groups is 1. The first-order chi connectivity index (χ1) is 14.7. The Morgan fingerprint density at radius 2 is 2.03 bits per heavy atom. The number of nitrogens with one attached hydrogen (secondary N) is 1. The molecule has 0 spiro atoms. The fourth-order valence-electron chi connectivity index (χ4n) is 4.46. The number of piperidine rings is 1. The first-order valence-electron chi connectivity index (χ1n) is 10.5. The summed E-state index contributed by atoms with van der Waals surface area (Å²) < 4.78 is 6.92. The van der Waals surface area contributed by atoms with Crippen LogP contribution in [0.25, 0.3) is 10.9 Å². The number of benzene rings is 1. The maximum absolute atomic E-state index is 13.2. The number of hydrogen-bond donors (Lipinski definition) is 1. The van der Waals surface area contributed by atoms with Crippen molar-refractivity contribution >= 4 is 22.5 Å². The molecular formula is C22H25N5O3. The molecular weight excluding hydrogens is 382 g/mol. The van der Waals surface area contributed by atoms with Gasteiger partial charge in [-0.25, -0.2) is 4.68 Å². The Hall–Kier alpha value is -3.13. The van der Waals surface area contributed by atoms with E-state index in [1.165, 1.54) is 0 Å². The second-order valence-corrected chi connectivity index (χ2v) is 7.89. The van der Waals surface area contributed by atoms with Crippen LogP contribution in [0.5, 0.6) is 0 Å². The van der Waals surface area contributed by atoms with Crippen LogP contribution in [0.3, 0.4) is 0 Å². The SMILES string of the molecule is O=C(c1cccc2[nH]ccc12)N1CCC[C@H](n2ncc(N3CCOCC3)cc2=O)C1. The lowest BCUT2D eigenvalue weighted by atomic mass is 10.0. The number of ether oxygens (including phenoxy) is 1. The number of rotatable bonds is 3. The van der Waals surface area contributed by atoms with E-state index in [0.29, 0.717) is 31.9 Å². The maximum atomic E-state index is 13.2. The molecule has 4 heterocycles. The molecule has 156 valence electrons. The molecule has 8 nitrogen and oxygen atoms in total. The number of anilines is 1. The van der Waals surface area contributed by atoms with Gasteiger partial charge >= 0.3 is 0 Å². The molecule has 2 fully saturated rings. The van der Waals surface area contributed by atoms with Crippen molar-refractivity contribution in [3.63, 3.8) is 0 Å². The summed E-state index contributed by atoms with van der Waals surface area (Å²) >= 11 is 0. The van der Waals surface area contributed by atoms with Crippen molar-refractivity contribution in [2.45, 2.75) is 18.9 Å². The van der Waals surface area contributed by atoms with E-state index < -0.39 is 0 Å². The van der Waals surface area contributed by atoms with Gasteiger partial charge in [0.15, 0.2) is 0 Å². The predicted octanol–water partition coefficient (Wildman–Crippen LogP) is 2.04. The molecule has 1 N–H and O–H groups in total. The number of hydrogen-bond acceptors (Lipinski definition) is 5. The molecule has 3 aromatic rings. The van der Waals surface area contributed by atoms with Crippen LogP contribution in [0.1, 0.15) is 29.2 Å². The molecule has 0 aliphatic carbocycles. The van der Waals surface area contributed by atoms with E-state index >= 15 is 0 Å². The Labute approximate surface area is 174 Å². The highest BCUT2D eigenvalue weighted by molar-refractivity contribution is 6.06. The van der Waals surface area contributed by atoms with Gasteiger partial charge in [0.05, 0.1) is 31.1 Å². The summed E-state index contributed by atoms with van der Waals surface area (Å²) in [6.45, 7) is 4.04. The molecule has 0 saturated carbocycles. The molecule has 0 unspecified atom stereocenters. The van der Waals surface area contributed by atoms with Crippen LogP contribution >= 0.6 is 0 Å². The van der Waals surface area contributed by atoms with Gasteiger partial charge in [0.2, 0.25) is 0 Å². The van der Waals surface area contributed by atoms with Crippen molar-refractivity contribution in [2.24, 2.45) is 0 Å². The normalized spacial score (nSPS) is 19.9. The van der Waals surface area contributed by atoms with Gasteiger partial charge < -0.3 is 19.5 Å². The quantitative estimate of drug-likeness (QED) is 0.718. The van der Waals surface area contributed by atoms with Gasteiger partial charge in [-0.05, 0) is 31.0 Å². The average molecular weight is 407 g/mol. The number of aromatic nitrogens is 3. The summed E-state index contributed by atoms with van der Waals surface area (Å²) in [6.07, 6.45) is 5.29. The van der Waals surface area contributed by atoms with Gasteiger partial charge in [0, 0.05) is 54.9 Å². The molecule has 1 atom stereocenters. The highest BCUT2D eigenvalue weighted by atomic mass is 16.5. The zero-order valence-electron chi connectivity index (χ0n) is 16.8. The summed E-state index contributed by atoms with van der Waals surface area (Å²) in [5, 5.41) is 5.39. The highest BCUT2D eigenvalue weighted by Gasteiger charge is 2.28. The van der Waals surface area contributed by atoms with Crippen molar-refractivity contribution in [3.05, 3.63) is 58.6 Å². The van der Waals surface area contributed by atoms with E-state index in [9.17, 15) is 9.59 Å².